The Hall–Kier alpha value is -2.93. The third-order valence-electron chi connectivity index (χ3n) is 3.06. The minimum Gasteiger partial charge on any atom is -0.257 e. The third kappa shape index (κ3) is 2.57. The first-order chi connectivity index (χ1) is 9.85. The van der Waals surface area contributed by atoms with Crippen molar-refractivity contribution in [3.05, 3.63) is 78.6 Å². The summed E-state index contributed by atoms with van der Waals surface area (Å²) in [5.74, 6) is 0. The van der Waals surface area contributed by atoms with Crippen molar-refractivity contribution in [1.82, 2.24) is 9.55 Å². The highest BCUT2D eigenvalue weighted by Gasteiger charge is 2.07. The van der Waals surface area contributed by atoms with Crippen LogP contribution in [-0.2, 0) is 6.54 Å². The molecule has 0 saturated carbocycles. The maximum absolute atomic E-state index is 8.80. The van der Waals surface area contributed by atoms with Gasteiger partial charge in [0, 0.05) is 6.20 Å². The van der Waals surface area contributed by atoms with E-state index in [2.05, 4.69) is 15.6 Å². The van der Waals surface area contributed by atoms with E-state index in [4.69, 9.17) is 5.26 Å². The summed E-state index contributed by atoms with van der Waals surface area (Å²) in [6.45, 7) is 0.740. The van der Waals surface area contributed by atoms with Gasteiger partial charge in [0.1, 0.15) is 24.6 Å². The van der Waals surface area contributed by atoms with Crippen molar-refractivity contribution in [3.8, 4) is 11.8 Å². The summed E-state index contributed by atoms with van der Waals surface area (Å²) in [6.07, 6.45) is 7.81. The van der Waals surface area contributed by atoms with Crippen LogP contribution in [0.1, 0.15) is 11.3 Å². The summed E-state index contributed by atoms with van der Waals surface area (Å²) >= 11 is 0. The lowest BCUT2D eigenvalue weighted by Gasteiger charge is -1.96. The third-order valence-corrected chi connectivity index (χ3v) is 3.06. The normalized spacial score (nSPS) is 10.2. The lowest BCUT2D eigenvalue weighted by molar-refractivity contribution is -0.688. The Morgan fingerprint density at radius 3 is 2.70 bits per heavy atom. The fourth-order valence-electron chi connectivity index (χ4n) is 2.03. The number of pyridine rings is 1. The van der Waals surface area contributed by atoms with Gasteiger partial charge in [-0.05, 0) is 36.4 Å². The number of hydrogen-bond donors (Lipinski definition) is 0. The van der Waals surface area contributed by atoms with Crippen LogP contribution in [0, 0.1) is 11.3 Å². The Morgan fingerprint density at radius 2 is 2.00 bits per heavy atom. The summed E-state index contributed by atoms with van der Waals surface area (Å²) < 4.78 is 4.09. The molecule has 0 saturated heterocycles. The molecule has 0 atom stereocenters. The molecule has 0 amide bonds. The molecule has 0 spiro atoms. The van der Waals surface area contributed by atoms with E-state index in [1.807, 2.05) is 65.8 Å². The summed E-state index contributed by atoms with van der Waals surface area (Å²) in [5.41, 5.74) is 2.72. The molecule has 2 heterocycles. The quantitative estimate of drug-likeness (QED) is 0.678. The molecule has 0 unspecified atom stereocenters. The molecular weight excluding hydrogens is 248 g/mol. The first-order valence-corrected chi connectivity index (χ1v) is 6.32. The van der Waals surface area contributed by atoms with E-state index in [9.17, 15) is 0 Å². The Kier molecular flexibility index (Phi) is 3.25. The van der Waals surface area contributed by atoms with Crippen molar-refractivity contribution < 1.29 is 4.57 Å². The Morgan fingerprint density at radius 1 is 1.15 bits per heavy atom. The molecular formula is C16H13N4+. The molecule has 0 radical (unpaired) electrons. The van der Waals surface area contributed by atoms with Gasteiger partial charge >= 0.3 is 0 Å². The van der Waals surface area contributed by atoms with Crippen LogP contribution >= 0.6 is 0 Å². The van der Waals surface area contributed by atoms with Gasteiger partial charge in [-0.3, -0.25) is 4.98 Å². The molecule has 3 aromatic rings. The molecule has 4 heteroatoms. The number of imidazole rings is 1. The van der Waals surface area contributed by atoms with E-state index < -0.39 is 0 Å². The van der Waals surface area contributed by atoms with E-state index in [1.165, 1.54) is 0 Å². The van der Waals surface area contributed by atoms with Crippen molar-refractivity contribution in [2.75, 3.05) is 0 Å². The maximum Gasteiger partial charge on any atom is 0.249 e. The standard InChI is InChI=1S/C16H13N4/c17-11-14-4-6-16(7-5-14)20-10-9-19(13-20)12-15-3-1-2-8-18-15/h1-10,13H,12H2/q+1. The van der Waals surface area contributed by atoms with Crippen LogP contribution in [0.15, 0.2) is 67.4 Å². The molecule has 0 bridgehead atoms. The SMILES string of the molecule is N#Cc1ccc(-n2cc[n+](Cc3ccccn3)c2)cc1. The van der Waals surface area contributed by atoms with Crippen LogP contribution in [0.25, 0.3) is 5.69 Å². The molecule has 0 fully saturated rings. The average Bonchev–Trinajstić information content (AvgIpc) is 2.97. The monoisotopic (exact) mass is 261 g/mol. The molecule has 20 heavy (non-hydrogen) atoms. The van der Waals surface area contributed by atoms with Gasteiger partial charge in [0.2, 0.25) is 6.33 Å². The van der Waals surface area contributed by atoms with Crippen molar-refractivity contribution in [3.63, 3.8) is 0 Å². The maximum atomic E-state index is 8.80. The number of rotatable bonds is 3. The summed E-state index contributed by atoms with van der Waals surface area (Å²) in [4.78, 5) is 4.31. The van der Waals surface area contributed by atoms with Crippen LogP contribution in [0.5, 0.6) is 0 Å². The van der Waals surface area contributed by atoms with Gasteiger partial charge in [-0.15, -0.1) is 0 Å². The van der Waals surface area contributed by atoms with Gasteiger partial charge in [0.15, 0.2) is 0 Å². The highest BCUT2D eigenvalue weighted by Crippen LogP contribution is 2.08. The van der Waals surface area contributed by atoms with E-state index in [1.54, 1.807) is 6.20 Å². The Bertz CT molecular complexity index is 736. The first kappa shape index (κ1) is 12.1. The lowest BCUT2D eigenvalue weighted by atomic mass is 10.2. The minimum atomic E-state index is 0.669. The van der Waals surface area contributed by atoms with Crippen LogP contribution < -0.4 is 4.57 Å². The van der Waals surface area contributed by atoms with Gasteiger partial charge in [0.05, 0.1) is 17.3 Å². The largest absolute Gasteiger partial charge is 0.257 e. The van der Waals surface area contributed by atoms with Crippen molar-refractivity contribution >= 4 is 0 Å². The van der Waals surface area contributed by atoms with Crippen molar-refractivity contribution in [2.45, 2.75) is 6.54 Å². The fourth-order valence-corrected chi connectivity index (χ4v) is 2.03. The van der Waals surface area contributed by atoms with E-state index in [-0.39, 0.29) is 0 Å². The molecule has 3 rings (SSSR count). The zero-order chi connectivity index (χ0) is 13.8. The molecule has 0 aliphatic rings. The molecule has 0 aliphatic carbocycles. The van der Waals surface area contributed by atoms with E-state index in [0.717, 1.165) is 17.9 Å². The Labute approximate surface area is 117 Å². The number of aromatic nitrogens is 3. The van der Waals surface area contributed by atoms with Crippen LogP contribution in [0.2, 0.25) is 0 Å². The van der Waals surface area contributed by atoms with Crippen molar-refractivity contribution in [1.29, 1.82) is 5.26 Å². The second-order valence-corrected chi connectivity index (χ2v) is 4.47. The van der Waals surface area contributed by atoms with Crippen molar-refractivity contribution in [2.24, 2.45) is 0 Å². The molecule has 1 aromatic carbocycles. The van der Waals surface area contributed by atoms with Gasteiger partial charge in [-0.1, -0.05) is 6.07 Å². The van der Waals surface area contributed by atoms with Gasteiger partial charge in [-0.25, -0.2) is 9.13 Å². The van der Waals surface area contributed by atoms with E-state index >= 15 is 0 Å². The summed E-state index contributed by atoms with van der Waals surface area (Å²) in [7, 11) is 0. The number of benzene rings is 1. The molecule has 0 aliphatic heterocycles. The number of nitriles is 1. The minimum absolute atomic E-state index is 0.669. The van der Waals surface area contributed by atoms with Crippen LogP contribution in [-0.4, -0.2) is 9.55 Å². The fraction of sp³-hybridized carbons (Fsp3) is 0.0625. The zero-order valence-corrected chi connectivity index (χ0v) is 10.8. The molecule has 96 valence electrons. The topological polar surface area (TPSA) is 45.5 Å². The van der Waals surface area contributed by atoms with Gasteiger partial charge < -0.3 is 0 Å². The predicted octanol–water partition coefficient (Wildman–Crippen LogP) is 2.08. The predicted molar refractivity (Wildman–Crippen MR) is 74.0 cm³/mol. The number of hydrogen-bond acceptors (Lipinski definition) is 2. The molecule has 0 N–H and O–H groups in total. The second-order valence-electron chi connectivity index (χ2n) is 4.47. The average molecular weight is 261 g/mol. The highest BCUT2D eigenvalue weighted by atomic mass is 15.1. The van der Waals surface area contributed by atoms with Gasteiger partial charge in [0.25, 0.3) is 0 Å². The first-order valence-electron chi connectivity index (χ1n) is 6.32. The smallest absolute Gasteiger partial charge is 0.249 e. The zero-order valence-electron chi connectivity index (χ0n) is 10.8. The van der Waals surface area contributed by atoms with Crippen LogP contribution in [0.4, 0.5) is 0 Å². The summed E-state index contributed by atoms with van der Waals surface area (Å²) in [5, 5.41) is 8.80. The lowest BCUT2D eigenvalue weighted by Crippen LogP contribution is -2.31. The van der Waals surface area contributed by atoms with Gasteiger partial charge in [-0.2, -0.15) is 5.26 Å². The highest BCUT2D eigenvalue weighted by molar-refractivity contribution is 5.38. The number of nitrogens with zero attached hydrogens (tertiary/aromatic N) is 4. The van der Waals surface area contributed by atoms with E-state index in [0.29, 0.717) is 5.56 Å². The molecule has 4 nitrogen and oxygen atoms in total. The van der Waals surface area contributed by atoms with Crippen LogP contribution in [0.3, 0.4) is 0 Å². The summed E-state index contributed by atoms with van der Waals surface area (Å²) in [6, 6.07) is 15.5. The second kappa shape index (κ2) is 5.37. The Balaban J connectivity index is 1.81. The molecule has 2 aromatic heterocycles.